The summed E-state index contributed by atoms with van der Waals surface area (Å²) in [6, 6.07) is 1.90. The van der Waals surface area contributed by atoms with E-state index in [2.05, 4.69) is 25.9 Å². The molecule has 2 aromatic heterocycles. The van der Waals surface area contributed by atoms with Gasteiger partial charge in [-0.25, -0.2) is 4.98 Å². The summed E-state index contributed by atoms with van der Waals surface area (Å²) in [5.41, 5.74) is 0.876. The molecular weight excluding hydrogens is 227 g/mol. The molecule has 2 aromatic rings. The minimum atomic E-state index is 0.508. The standard InChI is InChI=1S/C7H4BrClN2/c8-5-3-11-6-4(5)1-2-10-7(6)9/h1-3,11H. The van der Waals surface area contributed by atoms with Gasteiger partial charge >= 0.3 is 0 Å². The molecule has 0 atom stereocenters. The maximum atomic E-state index is 5.81. The van der Waals surface area contributed by atoms with Crippen molar-refractivity contribution in [2.75, 3.05) is 0 Å². The Balaban J connectivity index is 2.94. The first-order valence-electron chi connectivity index (χ1n) is 3.06. The third-order valence-corrected chi connectivity index (χ3v) is 2.45. The van der Waals surface area contributed by atoms with Crippen LogP contribution in [0.1, 0.15) is 0 Å². The first-order valence-corrected chi connectivity index (χ1v) is 4.23. The van der Waals surface area contributed by atoms with Gasteiger partial charge in [-0.15, -0.1) is 0 Å². The van der Waals surface area contributed by atoms with Crippen molar-refractivity contribution in [3.63, 3.8) is 0 Å². The number of aromatic amines is 1. The molecule has 0 fully saturated rings. The molecule has 2 heterocycles. The second-order valence-electron chi connectivity index (χ2n) is 2.16. The van der Waals surface area contributed by atoms with Gasteiger partial charge in [0.2, 0.25) is 0 Å². The third-order valence-electron chi connectivity index (χ3n) is 1.51. The smallest absolute Gasteiger partial charge is 0.153 e. The van der Waals surface area contributed by atoms with Crippen LogP contribution in [-0.4, -0.2) is 9.97 Å². The summed E-state index contributed by atoms with van der Waals surface area (Å²) in [6.45, 7) is 0. The Labute approximate surface area is 76.7 Å². The van der Waals surface area contributed by atoms with Crippen LogP contribution >= 0.6 is 27.5 Å². The minimum absolute atomic E-state index is 0.508. The van der Waals surface area contributed by atoms with Crippen LogP contribution in [0.15, 0.2) is 22.9 Å². The number of hydrogen-bond acceptors (Lipinski definition) is 1. The number of fused-ring (bicyclic) bond motifs is 1. The summed E-state index contributed by atoms with van der Waals surface area (Å²) in [5.74, 6) is 0. The highest BCUT2D eigenvalue weighted by atomic mass is 79.9. The second-order valence-corrected chi connectivity index (χ2v) is 3.37. The van der Waals surface area contributed by atoms with E-state index < -0.39 is 0 Å². The molecule has 0 aliphatic heterocycles. The van der Waals surface area contributed by atoms with Crippen LogP contribution in [0.25, 0.3) is 10.9 Å². The number of aromatic nitrogens is 2. The predicted octanol–water partition coefficient (Wildman–Crippen LogP) is 2.98. The van der Waals surface area contributed by atoms with Gasteiger partial charge in [-0.2, -0.15) is 0 Å². The van der Waals surface area contributed by atoms with E-state index in [1.54, 1.807) is 6.20 Å². The number of pyridine rings is 1. The highest BCUT2D eigenvalue weighted by molar-refractivity contribution is 9.10. The molecule has 1 N–H and O–H groups in total. The van der Waals surface area contributed by atoms with Crippen molar-refractivity contribution in [3.8, 4) is 0 Å². The SMILES string of the molecule is Clc1nccc2c(Br)c[nH]c12. The molecular formula is C7H4BrClN2. The van der Waals surface area contributed by atoms with E-state index in [0.29, 0.717) is 5.15 Å². The summed E-state index contributed by atoms with van der Waals surface area (Å²) in [5, 5.41) is 1.57. The van der Waals surface area contributed by atoms with Crippen molar-refractivity contribution in [3.05, 3.63) is 28.1 Å². The molecule has 0 saturated carbocycles. The molecule has 0 aliphatic carbocycles. The van der Waals surface area contributed by atoms with Gasteiger partial charge in [0, 0.05) is 22.3 Å². The zero-order valence-corrected chi connectivity index (χ0v) is 7.78. The Hall–Kier alpha value is -0.540. The van der Waals surface area contributed by atoms with Crippen molar-refractivity contribution in [2.24, 2.45) is 0 Å². The molecule has 0 unspecified atom stereocenters. The molecule has 2 nitrogen and oxygen atoms in total. The fourth-order valence-corrected chi connectivity index (χ4v) is 1.64. The van der Waals surface area contributed by atoms with Crippen LogP contribution in [0.3, 0.4) is 0 Å². The lowest BCUT2D eigenvalue weighted by molar-refractivity contribution is 1.34. The highest BCUT2D eigenvalue weighted by Crippen LogP contribution is 2.26. The zero-order chi connectivity index (χ0) is 7.84. The van der Waals surface area contributed by atoms with E-state index in [1.165, 1.54) is 0 Å². The van der Waals surface area contributed by atoms with Gasteiger partial charge in [-0.3, -0.25) is 0 Å². The quantitative estimate of drug-likeness (QED) is 0.694. The molecule has 0 aromatic carbocycles. The van der Waals surface area contributed by atoms with Gasteiger partial charge in [0.25, 0.3) is 0 Å². The summed E-state index contributed by atoms with van der Waals surface area (Å²) in [6.07, 6.45) is 3.53. The summed E-state index contributed by atoms with van der Waals surface area (Å²) in [7, 11) is 0. The van der Waals surface area contributed by atoms with E-state index in [4.69, 9.17) is 11.6 Å². The molecule has 0 aliphatic rings. The maximum Gasteiger partial charge on any atom is 0.153 e. The number of hydrogen-bond donors (Lipinski definition) is 1. The molecule has 2 rings (SSSR count). The lowest BCUT2D eigenvalue weighted by Gasteiger charge is -1.90. The average molecular weight is 231 g/mol. The second kappa shape index (κ2) is 2.50. The molecule has 56 valence electrons. The van der Waals surface area contributed by atoms with Crippen LogP contribution in [0, 0.1) is 0 Å². The summed E-state index contributed by atoms with van der Waals surface area (Å²) < 4.78 is 1.01. The Morgan fingerprint density at radius 1 is 1.55 bits per heavy atom. The molecule has 0 amide bonds. The molecule has 0 saturated heterocycles. The van der Waals surface area contributed by atoms with Gasteiger partial charge in [0.1, 0.15) is 0 Å². The van der Waals surface area contributed by atoms with Crippen molar-refractivity contribution in [2.45, 2.75) is 0 Å². The lowest BCUT2D eigenvalue weighted by atomic mass is 10.3. The van der Waals surface area contributed by atoms with E-state index in [0.717, 1.165) is 15.4 Å². The van der Waals surface area contributed by atoms with Crippen molar-refractivity contribution < 1.29 is 0 Å². The number of rotatable bonds is 0. The lowest BCUT2D eigenvalue weighted by Crippen LogP contribution is -1.74. The van der Waals surface area contributed by atoms with Gasteiger partial charge < -0.3 is 4.98 Å². The Morgan fingerprint density at radius 2 is 2.36 bits per heavy atom. The Bertz CT molecular complexity index is 396. The number of nitrogens with zero attached hydrogens (tertiary/aromatic N) is 1. The van der Waals surface area contributed by atoms with Crippen LogP contribution in [0.2, 0.25) is 5.15 Å². The van der Waals surface area contributed by atoms with E-state index in [1.807, 2.05) is 12.3 Å². The summed E-state index contributed by atoms with van der Waals surface area (Å²) in [4.78, 5) is 6.95. The van der Waals surface area contributed by atoms with Gasteiger partial charge in [-0.1, -0.05) is 11.6 Å². The van der Waals surface area contributed by atoms with Gasteiger partial charge in [-0.05, 0) is 22.0 Å². The molecule has 0 spiro atoms. The predicted molar refractivity (Wildman–Crippen MR) is 48.8 cm³/mol. The molecule has 0 bridgehead atoms. The van der Waals surface area contributed by atoms with E-state index in [9.17, 15) is 0 Å². The van der Waals surface area contributed by atoms with E-state index in [-0.39, 0.29) is 0 Å². The fraction of sp³-hybridized carbons (Fsp3) is 0. The van der Waals surface area contributed by atoms with Crippen LogP contribution in [0.4, 0.5) is 0 Å². The summed E-state index contributed by atoms with van der Waals surface area (Å²) >= 11 is 9.19. The average Bonchev–Trinajstić information content (AvgIpc) is 2.35. The van der Waals surface area contributed by atoms with Crippen molar-refractivity contribution in [1.82, 2.24) is 9.97 Å². The maximum absolute atomic E-state index is 5.81. The fourth-order valence-electron chi connectivity index (χ4n) is 0.986. The van der Waals surface area contributed by atoms with Crippen LogP contribution in [0.5, 0.6) is 0 Å². The van der Waals surface area contributed by atoms with Gasteiger partial charge in [0.15, 0.2) is 5.15 Å². The zero-order valence-electron chi connectivity index (χ0n) is 5.44. The molecule has 0 radical (unpaired) electrons. The van der Waals surface area contributed by atoms with Crippen molar-refractivity contribution >= 4 is 38.4 Å². The van der Waals surface area contributed by atoms with Gasteiger partial charge in [0.05, 0.1) is 5.52 Å². The van der Waals surface area contributed by atoms with Crippen LogP contribution < -0.4 is 0 Å². The van der Waals surface area contributed by atoms with E-state index >= 15 is 0 Å². The number of halogens is 2. The molecule has 4 heteroatoms. The normalized spacial score (nSPS) is 10.7. The first-order chi connectivity index (χ1) is 5.29. The Kier molecular flexibility index (Phi) is 1.62. The highest BCUT2D eigenvalue weighted by Gasteiger charge is 2.03. The largest absolute Gasteiger partial charge is 0.358 e. The van der Waals surface area contributed by atoms with Crippen LogP contribution in [-0.2, 0) is 0 Å². The first kappa shape index (κ1) is 7.13. The van der Waals surface area contributed by atoms with Crippen molar-refractivity contribution in [1.29, 1.82) is 0 Å². The number of H-pyrrole nitrogens is 1. The Morgan fingerprint density at radius 3 is 3.09 bits per heavy atom. The molecule has 11 heavy (non-hydrogen) atoms. The minimum Gasteiger partial charge on any atom is -0.358 e. The monoisotopic (exact) mass is 230 g/mol. The third kappa shape index (κ3) is 1.04. The topological polar surface area (TPSA) is 28.7 Å². The number of nitrogens with one attached hydrogen (secondary N) is 1.